The monoisotopic (exact) mass is 335 g/mol. The Kier molecular flexibility index (Phi) is 4.70. The van der Waals surface area contributed by atoms with Crippen LogP contribution in [0.1, 0.15) is 39.7 Å². The van der Waals surface area contributed by atoms with Crippen LogP contribution in [0.4, 0.5) is 0 Å². The van der Waals surface area contributed by atoms with E-state index in [0.29, 0.717) is 17.9 Å². The number of hydrogen-bond donors (Lipinski definition) is 1. The lowest BCUT2D eigenvalue weighted by atomic mass is 10.0. The molecular formula is C21H21NO3. The lowest BCUT2D eigenvalue weighted by molar-refractivity contribution is -0.118. The molecule has 0 bridgehead atoms. The number of fused-ring (bicyclic) bond motifs is 1. The van der Waals surface area contributed by atoms with E-state index < -0.39 is 0 Å². The Morgan fingerprint density at radius 2 is 1.76 bits per heavy atom. The predicted octanol–water partition coefficient (Wildman–Crippen LogP) is 3.96. The molecule has 1 N–H and O–H groups in total. The maximum atomic E-state index is 12.8. The van der Waals surface area contributed by atoms with Crippen LogP contribution in [-0.2, 0) is 11.2 Å². The molecular weight excluding hydrogens is 314 g/mol. The molecule has 0 spiro atoms. The fourth-order valence-electron chi connectivity index (χ4n) is 2.89. The first-order valence-corrected chi connectivity index (χ1v) is 8.33. The molecule has 1 amide bonds. The largest absolute Gasteiger partial charge is 0.452 e. The van der Waals surface area contributed by atoms with E-state index in [0.717, 1.165) is 34.1 Å². The van der Waals surface area contributed by atoms with Crippen LogP contribution in [-0.4, -0.2) is 18.2 Å². The molecule has 2 aromatic carbocycles. The highest BCUT2D eigenvalue weighted by Crippen LogP contribution is 2.27. The highest BCUT2D eigenvalue weighted by atomic mass is 16.3. The second-order valence-corrected chi connectivity index (χ2v) is 6.31. The molecule has 4 nitrogen and oxygen atoms in total. The van der Waals surface area contributed by atoms with Crippen molar-refractivity contribution in [3.63, 3.8) is 0 Å². The lowest BCUT2D eigenvalue weighted by Crippen LogP contribution is -2.22. The quantitative estimate of drug-likeness (QED) is 0.718. The molecule has 0 unspecified atom stereocenters. The summed E-state index contributed by atoms with van der Waals surface area (Å²) in [5.74, 6) is 0.244. The van der Waals surface area contributed by atoms with Crippen LogP contribution < -0.4 is 5.32 Å². The minimum absolute atomic E-state index is 0.0394. The number of hydrogen-bond acceptors (Lipinski definition) is 3. The van der Waals surface area contributed by atoms with Crippen LogP contribution in [0.3, 0.4) is 0 Å². The summed E-state index contributed by atoms with van der Waals surface area (Å²) in [5.41, 5.74) is 4.38. The van der Waals surface area contributed by atoms with E-state index in [1.54, 1.807) is 0 Å². The van der Waals surface area contributed by atoms with Crippen molar-refractivity contribution < 1.29 is 14.0 Å². The van der Waals surface area contributed by atoms with E-state index in [4.69, 9.17) is 4.42 Å². The molecule has 25 heavy (non-hydrogen) atoms. The lowest BCUT2D eigenvalue weighted by Gasteiger charge is -2.04. The zero-order valence-corrected chi connectivity index (χ0v) is 14.7. The molecule has 4 heteroatoms. The van der Waals surface area contributed by atoms with E-state index in [2.05, 4.69) is 5.32 Å². The van der Waals surface area contributed by atoms with E-state index in [9.17, 15) is 9.59 Å². The Morgan fingerprint density at radius 1 is 1.04 bits per heavy atom. The van der Waals surface area contributed by atoms with Crippen LogP contribution in [0.15, 0.2) is 46.9 Å². The average molecular weight is 335 g/mol. The Hall–Kier alpha value is -2.88. The third kappa shape index (κ3) is 3.63. The third-order valence-corrected chi connectivity index (χ3v) is 4.30. The zero-order valence-electron chi connectivity index (χ0n) is 14.7. The van der Waals surface area contributed by atoms with Gasteiger partial charge in [-0.3, -0.25) is 9.59 Å². The van der Waals surface area contributed by atoms with Crippen molar-refractivity contribution in [2.75, 3.05) is 6.54 Å². The molecule has 0 radical (unpaired) electrons. The number of ketones is 1. The summed E-state index contributed by atoms with van der Waals surface area (Å²) in [6, 6.07) is 13.4. The van der Waals surface area contributed by atoms with Crippen LogP contribution in [0.25, 0.3) is 11.0 Å². The van der Waals surface area contributed by atoms with Gasteiger partial charge in [-0.2, -0.15) is 0 Å². The molecule has 0 saturated heterocycles. The van der Waals surface area contributed by atoms with Gasteiger partial charge in [0.2, 0.25) is 11.7 Å². The first-order valence-electron chi connectivity index (χ1n) is 8.33. The number of rotatable bonds is 5. The molecule has 0 aliphatic rings. The van der Waals surface area contributed by atoms with Crippen LogP contribution in [0, 0.1) is 13.8 Å². The van der Waals surface area contributed by atoms with E-state index in [1.165, 1.54) is 6.92 Å². The maximum absolute atomic E-state index is 12.8. The summed E-state index contributed by atoms with van der Waals surface area (Å²) in [6.07, 6.45) is 0.733. The summed E-state index contributed by atoms with van der Waals surface area (Å²) in [7, 11) is 0. The molecule has 0 fully saturated rings. The van der Waals surface area contributed by atoms with Crippen molar-refractivity contribution in [3.8, 4) is 0 Å². The number of amides is 1. The average Bonchev–Trinajstić information content (AvgIpc) is 2.90. The number of carbonyl (C=O) groups is 2. The maximum Gasteiger partial charge on any atom is 0.228 e. The number of carbonyl (C=O) groups excluding carboxylic acids is 2. The molecule has 1 heterocycles. The van der Waals surface area contributed by atoms with Crippen LogP contribution in [0.5, 0.6) is 0 Å². The van der Waals surface area contributed by atoms with E-state index in [-0.39, 0.29) is 11.7 Å². The topological polar surface area (TPSA) is 59.3 Å². The smallest absolute Gasteiger partial charge is 0.228 e. The molecule has 128 valence electrons. The SMILES string of the molecule is CC(=O)NCCc1ccc(C(=O)c2oc3cc(C)ccc3c2C)cc1. The summed E-state index contributed by atoms with van der Waals surface area (Å²) in [6.45, 7) is 6.00. The van der Waals surface area contributed by atoms with Crippen molar-refractivity contribution in [1.82, 2.24) is 5.32 Å². The summed E-state index contributed by atoms with van der Waals surface area (Å²) >= 11 is 0. The Balaban J connectivity index is 1.81. The third-order valence-electron chi connectivity index (χ3n) is 4.30. The first-order chi connectivity index (χ1) is 12.0. The van der Waals surface area contributed by atoms with E-state index >= 15 is 0 Å². The van der Waals surface area contributed by atoms with Gasteiger partial charge in [-0.15, -0.1) is 0 Å². The Bertz CT molecular complexity index is 936. The molecule has 0 aliphatic carbocycles. The van der Waals surface area contributed by atoms with Gasteiger partial charge < -0.3 is 9.73 Å². The van der Waals surface area contributed by atoms with Crippen molar-refractivity contribution in [2.24, 2.45) is 0 Å². The van der Waals surface area contributed by atoms with Gasteiger partial charge in [0.25, 0.3) is 0 Å². The summed E-state index contributed by atoms with van der Waals surface area (Å²) < 4.78 is 5.82. The Labute approximate surface area is 146 Å². The Morgan fingerprint density at radius 3 is 2.44 bits per heavy atom. The fourth-order valence-corrected chi connectivity index (χ4v) is 2.89. The van der Waals surface area contributed by atoms with Crippen molar-refractivity contribution in [3.05, 3.63) is 70.5 Å². The van der Waals surface area contributed by atoms with Crippen molar-refractivity contribution in [2.45, 2.75) is 27.2 Å². The molecule has 1 aromatic heterocycles. The van der Waals surface area contributed by atoms with Gasteiger partial charge in [0.15, 0.2) is 5.76 Å². The normalized spacial score (nSPS) is 10.8. The number of furan rings is 1. The standard InChI is InChI=1S/C21H21NO3/c1-13-4-9-18-14(2)21(25-19(18)12-13)20(24)17-7-5-16(6-8-17)10-11-22-15(3)23/h4-9,12H,10-11H2,1-3H3,(H,22,23). The minimum atomic E-state index is -0.111. The van der Waals surface area contributed by atoms with Crippen molar-refractivity contribution >= 4 is 22.7 Å². The highest BCUT2D eigenvalue weighted by molar-refractivity contribution is 6.10. The fraction of sp³-hybridized carbons (Fsp3) is 0.238. The second-order valence-electron chi connectivity index (χ2n) is 6.31. The number of nitrogens with one attached hydrogen (secondary N) is 1. The van der Waals surface area contributed by atoms with Gasteiger partial charge >= 0.3 is 0 Å². The van der Waals surface area contributed by atoms with Gasteiger partial charge in [-0.1, -0.05) is 36.4 Å². The number of aryl methyl sites for hydroxylation is 2. The molecule has 3 aromatic rings. The second kappa shape index (κ2) is 6.93. The van der Waals surface area contributed by atoms with Gasteiger partial charge in [-0.25, -0.2) is 0 Å². The van der Waals surface area contributed by atoms with Crippen LogP contribution in [0.2, 0.25) is 0 Å². The minimum Gasteiger partial charge on any atom is -0.452 e. The van der Waals surface area contributed by atoms with Crippen LogP contribution >= 0.6 is 0 Å². The molecule has 0 atom stereocenters. The van der Waals surface area contributed by atoms with Gasteiger partial charge in [0, 0.05) is 30.0 Å². The summed E-state index contributed by atoms with van der Waals surface area (Å²) in [5, 5.41) is 3.74. The highest BCUT2D eigenvalue weighted by Gasteiger charge is 2.19. The molecule has 0 saturated carbocycles. The molecule has 0 aliphatic heterocycles. The number of benzene rings is 2. The summed E-state index contributed by atoms with van der Waals surface area (Å²) in [4.78, 5) is 23.7. The van der Waals surface area contributed by atoms with Gasteiger partial charge in [-0.05, 0) is 37.5 Å². The molecule has 3 rings (SSSR count). The van der Waals surface area contributed by atoms with Gasteiger partial charge in [0.05, 0.1) is 0 Å². The van der Waals surface area contributed by atoms with Crippen molar-refractivity contribution in [1.29, 1.82) is 0 Å². The predicted molar refractivity (Wildman–Crippen MR) is 98.0 cm³/mol. The zero-order chi connectivity index (χ0) is 18.0. The first kappa shape index (κ1) is 17.0. The van der Waals surface area contributed by atoms with Gasteiger partial charge in [0.1, 0.15) is 5.58 Å². The van der Waals surface area contributed by atoms with E-state index in [1.807, 2.05) is 56.3 Å².